The number of esters is 1. The maximum Gasteiger partial charge on any atom is 0.343 e. The highest BCUT2D eigenvalue weighted by atomic mass is 32.2. The van der Waals surface area contributed by atoms with Crippen LogP contribution < -0.4 is 14.8 Å². The van der Waals surface area contributed by atoms with E-state index in [2.05, 4.69) is 5.32 Å². The van der Waals surface area contributed by atoms with Crippen LogP contribution in [0.3, 0.4) is 0 Å². The summed E-state index contributed by atoms with van der Waals surface area (Å²) in [5.74, 6) is -0.577. The van der Waals surface area contributed by atoms with E-state index in [1.165, 1.54) is 24.3 Å². The molecule has 1 aliphatic rings. The topological polar surface area (TPSA) is 108 Å². The lowest BCUT2D eigenvalue weighted by Gasteiger charge is -2.11. The Balaban J connectivity index is 1.85. The van der Waals surface area contributed by atoms with Crippen LogP contribution in [0.1, 0.15) is 22.8 Å². The van der Waals surface area contributed by atoms with Crippen molar-refractivity contribution in [3.8, 4) is 11.5 Å². The summed E-state index contributed by atoms with van der Waals surface area (Å²) < 4.78 is 11.3. The van der Waals surface area contributed by atoms with Crippen molar-refractivity contribution in [3.63, 3.8) is 0 Å². The number of carbonyl (C=O) groups excluding carboxylic acids is 2. The molecule has 8 nitrogen and oxygen atoms in total. The van der Waals surface area contributed by atoms with Gasteiger partial charge in [-0.2, -0.15) is 0 Å². The van der Waals surface area contributed by atoms with Gasteiger partial charge in [0.05, 0.1) is 22.0 Å². The number of nitrogens with one attached hydrogen (secondary N) is 1. The SMILES string of the molecule is CCOc1cc(C=C2SC(=S)NC2=O)ccc1OC(=O)c1cccc([N+](=O)[O-])c1. The Kier molecular flexibility index (Phi) is 6.25. The molecular weight excluding hydrogens is 416 g/mol. The predicted molar refractivity (Wildman–Crippen MR) is 112 cm³/mol. The highest BCUT2D eigenvalue weighted by Crippen LogP contribution is 2.32. The van der Waals surface area contributed by atoms with E-state index < -0.39 is 10.9 Å². The molecule has 0 atom stereocenters. The molecule has 1 aliphatic heterocycles. The minimum atomic E-state index is -0.753. The van der Waals surface area contributed by atoms with E-state index >= 15 is 0 Å². The second-order valence-electron chi connectivity index (χ2n) is 5.69. The number of carbonyl (C=O) groups is 2. The fourth-order valence-corrected chi connectivity index (χ4v) is 3.49. The van der Waals surface area contributed by atoms with E-state index in [0.29, 0.717) is 27.1 Å². The van der Waals surface area contributed by atoms with E-state index in [9.17, 15) is 19.7 Å². The van der Waals surface area contributed by atoms with Crippen molar-refractivity contribution in [2.45, 2.75) is 6.92 Å². The van der Waals surface area contributed by atoms with E-state index in [4.69, 9.17) is 21.7 Å². The number of non-ortho nitro benzene ring substituents is 1. The van der Waals surface area contributed by atoms with Gasteiger partial charge in [-0.1, -0.05) is 36.1 Å². The summed E-state index contributed by atoms with van der Waals surface area (Å²) >= 11 is 6.12. The summed E-state index contributed by atoms with van der Waals surface area (Å²) in [6.45, 7) is 2.09. The van der Waals surface area contributed by atoms with Crippen molar-refractivity contribution < 1.29 is 24.0 Å². The van der Waals surface area contributed by atoms with Crippen LogP contribution in [0.5, 0.6) is 11.5 Å². The Morgan fingerprint density at radius 2 is 2.07 bits per heavy atom. The smallest absolute Gasteiger partial charge is 0.343 e. The first-order valence-electron chi connectivity index (χ1n) is 8.35. The van der Waals surface area contributed by atoms with Crippen molar-refractivity contribution in [1.29, 1.82) is 0 Å². The summed E-state index contributed by atoms with van der Waals surface area (Å²) in [6.07, 6.45) is 1.65. The fraction of sp³-hybridized carbons (Fsp3) is 0.105. The third-order valence-corrected chi connectivity index (χ3v) is 4.87. The first kappa shape index (κ1) is 20.5. The first-order valence-corrected chi connectivity index (χ1v) is 9.58. The van der Waals surface area contributed by atoms with Gasteiger partial charge in [-0.3, -0.25) is 14.9 Å². The Hall–Kier alpha value is -3.24. The number of thiocarbonyl (C=S) groups is 1. The summed E-state index contributed by atoms with van der Waals surface area (Å²) in [6, 6.07) is 10.1. The maximum atomic E-state index is 12.4. The van der Waals surface area contributed by atoms with Gasteiger partial charge in [0.2, 0.25) is 0 Å². The molecule has 2 aromatic carbocycles. The molecule has 3 rings (SSSR count). The van der Waals surface area contributed by atoms with Crippen LogP contribution in [0.4, 0.5) is 5.69 Å². The third kappa shape index (κ3) is 4.98. The van der Waals surface area contributed by atoms with Crippen LogP contribution in [0.15, 0.2) is 47.4 Å². The zero-order valence-corrected chi connectivity index (χ0v) is 16.7. The van der Waals surface area contributed by atoms with Crippen LogP contribution in [0.2, 0.25) is 0 Å². The molecule has 0 aliphatic carbocycles. The second kappa shape index (κ2) is 8.84. The Morgan fingerprint density at radius 3 is 2.72 bits per heavy atom. The Bertz CT molecular complexity index is 1050. The monoisotopic (exact) mass is 430 g/mol. The highest BCUT2D eigenvalue weighted by molar-refractivity contribution is 8.26. The summed E-state index contributed by atoms with van der Waals surface area (Å²) in [4.78, 5) is 35.0. The van der Waals surface area contributed by atoms with E-state index in [1.54, 1.807) is 25.1 Å². The first-order chi connectivity index (χ1) is 13.9. The number of hydrogen-bond donors (Lipinski definition) is 1. The summed E-state index contributed by atoms with van der Waals surface area (Å²) in [7, 11) is 0. The number of thioether (sulfide) groups is 1. The predicted octanol–water partition coefficient (Wildman–Crippen LogP) is 3.70. The third-order valence-electron chi connectivity index (χ3n) is 3.70. The number of nitro benzene ring substituents is 1. The molecule has 2 aromatic rings. The molecular formula is C19H14N2O6S2. The van der Waals surface area contributed by atoms with Crippen LogP contribution in [-0.2, 0) is 4.79 Å². The van der Waals surface area contributed by atoms with Gasteiger partial charge in [0.15, 0.2) is 11.5 Å². The quantitative estimate of drug-likeness (QED) is 0.185. The number of ether oxygens (including phenoxy) is 2. The molecule has 0 bridgehead atoms. The molecule has 1 fully saturated rings. The lowest BCUT2D eigenvalue weighted by Crippen LogP contribution is -2.17. The standard InChI is InChI=1S/C19H14N2O6S2/c1-2-26-15-8-11(9-16-17(22)20-19(28)29-16)6-7-14(15)27-18(23)12-4-3-5-13(10-12)21(24)25/h3-10H,2H2,1H3,(H,20,22,28). The fourth-order valence-electron chi connectivity index (χ4n) is 2.44. The van der Waals surface area contributed by atoms with Gasteiger partial charge in [-0.15, -0.1) is 0 Å². The lowest BCUT2D eigenvalue weighted by molar-refractivity contribution is -0.384. The molecule has 1 saturated heterocycles. The molecule has 29 heavy (non-hydrogen) atoms. The molecule has 1 N–H and O–H groups in total. The Labute approximate surface area is 175 Å². The molecule has 0 saturated carbocycles. The summed E-state index contributed by atoms with van der Waals surface area (Å²) in [5.41, 5.74) is 0.489. The lowest BCUT2D eigenvalue weighted by atomic mass is 10.1. The van der Waals surface area contributed by atoms with E-state index in [0.717, 1.165) is 17.8 Å². The number of nitro groups is 1. The van der Waals surface area contributed by atoms with Gasteiger partial charge in [-0.25, -0.2) is 4.79 Å². The number of hydrogen-bond acceptors (Lipinski definition) is 8. The van der Waals surface area contributed by atoms with Crippen molar-refractivity contribution in [2.75, 3.05) is 6.61 Å². The Morgan fingerprint density at radius 1 is 1.28 bits per heavy atom. The van der Waals surface area contributed by atoms with Gasteiger partial charge in [0.1, 0.15) is 4.32 Å². The summed E-state index contributed by atoms with van der Waals surface area (Å²) in [5, 5.41) is 13.4. The number of rotatable bonds is 6. The molecule has 1 amide bonds. The second-order valence-corrected chi connectivity index (χ2v) is 7.41. The van der Waals surface area contributed by atoms with Crippen LogP contribution >= 0.6 is 24.0 Å². The molecule has 0 spiro atoms. The minimum absolute atomic E-state index is 0.0420. The average Bonchev–Trinajstić information content (AvgIpc) is 3.00. The van der Waals surface area contributed by atoms with Gasteiger partial charge in [0.25, 0.3) is 11.6 Å². The van der Waals surface area contributed by atoms with E-state index in [1.807, 2.05) is 0 Å². The largest absolute Gasteiger partial charge is 0.490 e. The van der Waals surface area contributed by atoms with Gasteiger partial charge in [0, 0.05) is 12.1 Å². The maximum absolute atomic E-state index is 12.4. The van der Waals surface area contributed by atoms with Gasteiger partial charge in [-0.05, 0) is 36.8 Å². The van der Waals surface area contributed by atoms with Gasteiger partial charge < -0.3 is 14.8 Å². The van der Waals surface area contributed by atoms with Crippen molar-refractivity contribution in [1.82, 2.24) is 5.32 Å². The highest BCUT2D eigenvalue weighted by Gasteiger charge is 2.22. The molecule has 0 aromatic heterocycles. The minimum Gasteiger partial charge on any atom is -0.490 e. The average molecular weight is 430 g/mol. The normalized spacial score (nSPS) is 14.6. The van der Waals surface area contributed by atoms with Crippen LogP contribution in [0, 0.1) is 10.1 Å². The molecule has 10 heteroatoms. The van der Waals surface area contributed by atoms with Gasteiger partial charge >= 0.3 is 5.97 Å². The number of amides is 1. The van der Waals surface area contributed by atoms with Crippen LogP contribution in [-0.4, -0.2) is 27.7 Å². The molecule has 0 unspecified atom stereocenters. The zero-order chi connectivity index (χ0) is 21.0. The zero-order valence-electron chi connectivity index (χ0n) is 15.0. The molecule has 1 heterocycles. The van der Waals surface area contributed by atoms with E-state index in [-0.39, 0.29) is 22.9 Å². The van der Waals surface area contributed by atoms with Crippen molar-refractivity contribution >= 4 is 51.9 Å². The van der Waals surface area contributed by atoms with Crippen molar-refractivity contribution in [2.24, 2.45) is 0 Å². The number of benzene rings is 2. The number of nitrogens with zero attached hydrogens (tertiary/aromatic N) is 1. The van der Waals surface area contributed by atoms with Crippen LogP contribution in [0.25, 0.3) is 6.08 Å². The van der Waals surface area contributed by atoms with Crippen molar-refractivity contribution in [3.05, 3.63) is 68.6 Å². The molecule has 148 valence electrons. The molecule has 0 radical (unpaired) electrons.